The average Bonchev–Trinajstić information content (AvgIpc) is 1.83. The Morgan fingerprint density at radius 1 is 0.750 bits per heavy atom. The fourth-order valence-corrected chi connectivity index (χ4v) is 0. The summed E-state index contributed by atoms with van der Waals surface area (Å²) in [7, 11) is -16.5. The topological polar surface area (TPSA) is 189 Å². The molecule has 0 aromatic carbocycles. The Kier molecular flexibility index (Phi) is 18.1. The van der Waals surface area contributed by atoms with E-state index < -0.39 is 38.5 Å². The Morgan fingerprint density at radius 3 is 0.875 bits per heavy atom. The van der Waals surface area contributed by atoms with Crippen molar-refractivity contribution in [3.8, 4) is 0 Å². The SMILES string of the molecule is O=S(=O)([O-])S(=O)(=O)[O-].O=S(O)S(=O)O.[Na+].[Na+]. The molecule has 10 nitrogen and oxygen atoms in total. The smallest absolute Gasteiger partial charge is 0.736 e. The molecule has 0 saturated heterocycles. The molecule has 0 aromatic rings. The van der Waals surface area contributed by atoms with Gasteiger partial charge in [0, 0.05) is 0 Å². The van der Waals surface area contributed by atoms with Gasteiger partial charge in [0.05, 0.1) is 0 Å². The van der Waals surface area contributed by atoms with Gasteiger partial charge in [-0.15, -0.1) is 0 Å². The molecular formula is H2Na2O10S4. The van der Waals surface area contributed by atoms with Crippen molar-refractivity contribution in [3.63, 3.8) is 0 Å². The van der Waals surface area contributed by atoms with Crippen LogP contribution in [0.4, 0.5) is 0 Å². The van der Waals surface area contributed by atoms with Crippen molar-refractivity contribution in [2.45, 2.75) is 0 Å². The summed E-state index contributed by atoms with van der Waals surface area (Å²) < 4.78 is 88.8. The van der Waals surface area contributed by atoms with E-state index in [9.17, 15) is 34.4 Å². The summed E-state index contributed by atoms with van der Waals surface area (Å²) >= 11 is 0. The molecule has 0 fully saturated rings. The van der Waals surface area contributed by atoms with Gasteiger partial charge < -0.3 is 9.11 Å². The van der Waals surface area contributed by atoms with Gasteiger partial charge in [-0.1, -0.05) is 0 Å². The van der Waals surface area contributed by atoms with Crippen LogP contribution in [0.15, 0.2) is 0 Å². The summed E-state index contributed by atoms with van der Waals surface area (Å²) in [5, 5.41) is 0. The molecule has 0 aliphatic carbocycles. The van der Waals surface area contributed by atoms with E-state index in [-0.39, 0.29) is 59.1 Å². The summed E-state index contributed by atoms with van der Waals surface area (Å²) in [6.07, 6.45) is 0. The van der Waals surface area contributed by atoms with E-state index in [0.717, 1.165) is 0 Å². The van der Waals surface area contributed by atoms with Gasteiger partial charge in [0.25, 0.3) is 20.2 Å². The van der Waals surface area contributed by atoms with Crippen LogP contribution in [0.25, 0.3) is 0 Å². The van der Waals surface area contributed by atoms with Crippen molar-refractivity contribution >= 4 is 38.5 Å². The summed E-state index contributed by atoms with van der Waals surface area (Å²) in [4.78, 5) is 0. The van der Waals surface area contributed by atoms with E-state index in [1.807, 2.05) is 0 Å². The van der Waals surface area contributed by atoms with Gasteiger partial charge in [0.1, 0.15) is 0 Å². The zero-order chi connectivity index (χ0) is 12.2. The molecule has 0 radical (unpaired) electrons. The molecule has 0 amide bonds. The Morgan fingerprint density at radius 2 is 0.875 bits per heavy atom. The Bertz CT molecular complexity index is 372. The van der Waals surface area contributed by atoms with Gasteiger partial charge >= 0.3 is 59.1 Å². The third-order valence-corrected chi connectivity index (χ3v) is 3.35. The van der Waals surface area contributed by atoms with Crippen molar-refractivity contribution in [1.29, 1.82) is 0 Å². The van der Waals surface area contributed by atoms with E-state index >= 15 is 0 Å². The number of hydrogen-bond donors (Lipinski definition) is 2. The molecule has 0 saturated carbocycles. The van der Waals surface area contributed by atoms with Crippen molar-refractivity contribution in [2.75, 3.05) is 0 Å². The second kappa shape index (κ2) is 10.9. The normalized spacial score (nSPS) is 14.2. The predicted molar refractivity (Wildman–Crippen MR) is 40.9 cm³/mol. The quantitative estimate of drug-likeness (QED) is 0.212. The van der Waals surface area contributed by atoms with Crippen LogP contribution in [0.5, 0.6) is 0 Å². The Labute approximate surface area is 139 Å². The molecule has 0 spiro atoms. The third-order valence-electron chi connectivity index (χ3n) is 0.372. The molecule has 0 rings (SSSR count). The molecule has 16 heteroatoms. The molecule has 2 N–H and O–H groups in total. The Balaban J connectivity index is -0.0000000825. The number of hydrogen-bond acceptors (Lipinski definition) is 8. The van der Waals surface area contributed by atoms with Crippen molar-refractivity contribution in [1.82, 2.24) is 0 Å². The van der Waals surface area contributed by atoms with Crippen LogP contribution in [0.3, 0.4) is 0 Å². The maximum atomic E-state index is 9.26. The van der Waals surface area contributed by atoms with Crippen LogP contribution in [0.2, 0.25) is 0 Å². The third kappa shape index (κ3) is 16.0. The molecule has 16 heavy (non-hydrogen) atoms. The molecule has 0 bridgehead atoms. The second-order valence-corrected chi connectivity index (χ2v) is 7.91. The summed E-state index contributed by atoms with van der Waals surface area (Å²) in [6, 6.07) is 0. The van der Waals surface area contributed by atoms with E-state index in [2.05, 4.69) is 0 Å². The summed E-state index contributed by atoms with van der Waals surface area (Å²) in [5.41, 5.74) is 0. The average molecular weight is 336 g/mol. The van der Waals surface area contributed by atoms with E-state index in [1.54, 1.807) is 0 Å². The first-order valence-corrected chi connectivity index (χ1v) is 8.10. The Hall–Kier alpha value is 2.04. The second-order valence-electron chi connectivity index (χ2n) is 1.25. The molecule has 2 atom stereocenters. The molecule has 0 aliphatic rings. The van der Waals surface area contributed by atoms with Gasteiger partial charge in [-0.2, -0.15) is 0 Å². The van der Waals surface area contributed by atoms with Crippen molar-refractivity contribution in [3.05, 3.63) is 0 Å². The van der Waals surface area contributed by atoms with Gasteiger partial charge in [-0.05, 0) is 0 Å². The molecule has 88 valence electrons. The van der Waals surface area contributed by atoms with E-state index in [4.69, 9.17) is 9.11 Å². The fraction of sp³-hybridized carbons (Fsp3) is 0. The zero-order valence-corrected chi connectivity index (χ0v) is 15.1. The minimum Gasteiger partial charge on any atom is -0.736 e. The van der Waals surface area contributed by atoms with Crippen LogP contribution in [-0.2, 0) is 38.5 Å². The van der Waals surface area contributed by atoms with Crippen molar-refractivity contribution < 1.29 is 103 Å². The van der Waals surface area contributed by atoms with Crippen LogP contribution in [0.1, 0.15) is 0 Å². The van der Waals surface area contributed by atoms with Gasteiger partial charge in [0.2, 0.25) is 0 Å². The monoisotopic (exact) mass is 336 g/mol. The fourth-order valence-electron chi connectivity index (χ4n) is 0. The minimum absolute atomic E-state index is 0. The van der Waals surface area contributed by atoms with Crippen LogP contribution in [-0.4, -0.2) is 43.5 Å². The first-order chi connectivity index (χ1) is 5.89. The molecule has 0 heterocycles. The largest absolute Gasteiger partial charge is 1.00 e. The molecule has 0 aromatic heterocycles. The van der Waals surface area contributed by atoms with Gasteiger partial charge in [0.15, 0.2) is 18.3 Å². The number of rotatable bonds is 2. The van der Waals surface area contributed by atoms with Crippen LogP contribution < -0.4 is 59.1 Å². The molecule has 0 aliphatic heterocycles. The van der Waals surface area contributed by atoms with Gasteiger partial charge in [-0.25, -0.2) is 25.3 Å². The molecule has 2 unspecified atom stereocenters. The van der Waals surface area contributed by atoms with E-state index in [0.29, 0.717) is 0 Å². The minimum atomic E-state index is -5.67. The maximum Gasteiger partial charge on any atom is 1.00 e. The standard InChI is InChI=1S/2Na.H2O6S2.H2O4S2/c;;1-7(2,3)8(4,5)6;1-5(2)6(3)4/h;;(H,1,2,3)(H,4,5,6);(H,1,2)(H,3,4)/q2*+1;;/p-2. The first kappa shape index (κ1) is 26.6. The maximum absolute atomic E-state index is 9.26. The predicted octanol–water partition coefficient (Wildman–Crippen LogP) is -8.66. The zero-order valence-electron chi connectivity index (χ0n) is 7.79. The van der Waals surface area contributed by atoms with Gasteiger partial charge in [-0.3, -0.25) is 9.11 Å². The molecular weight excluding hydrogens is 334 g/mol. The van der Waals surface area contributed by atoms with Crippen LogP contribution >= 0.6 is 0 Å². The first-order valence-electron chi connectivity index (χ1n) is 2.03. The van der Waals surface area contributed by atoms with Crippen LogP contribution in [0, 0.1) is 0 Å². The summed E-state index contributed by atoms with van der Waals surface area (Å²) in [6.45, 7) is 0. The van der Waals surface area contributed by atoms with E-state index in [1.165, 1.54) is 0 Å². The van der Waals surface area contributed by atoms with Crippen molar-refractivity contribution in [2.24, 2.45) is 0 Å². The summed E-state index contributed by atoms with van der Waals surface area (Å²) in [5.74, 6) is 0.